The predicted octanol–water partition coefficient (Wildman–Crippen LogP) is 2.01. The van der Waals surface area contributed by atoms with Gasteiger partial charge in [0.1, 0.15) is 6.07 Å². The monoisotopic (exact) mass is 209 g/mol. The van der Waals surface area contributed by atoms with Crippen LogP contribution in [0.5, 0.6) is 0 Å². The Morgan fingerprint density at radius 2 is 2.50 bits per heavy atom. The fourth-order valence-corrected chi connectivity index (χ4v) is 2.05. The number of hydrogen-bond acceptors (Lipinski definition) is 4. The van der Waals surface area contributed by atoms with Crippen molar-refractivity contribution in [3.05, 3.63) is 24.3 Å². The number of alkyl halides is 1. The molecule has 0 aromatic rings. The number of thioether (sulfide) groups is 1. The Bertz CT molecular complexity index is 369. The van der Waals surface area contributed by atoms with Gasteiger partial charge >= 0.3 is 0 Å². The summed E-state index contributed by atoms with van der Waals surface area (Å²) in [5, 5.41) is 14.1. The Labute approximate surface area is 85.6 Å². The minimum atomic E-state index is -1.56. The van der Waals surface area contributed by atoms with Crippen LogP contribution in [-0.2, 0) is 0 Å². The maximum absolute atomic E-state index is 14.1. The maximum atomic E-state index is 14.1. The first-order valence-corrected chi connectivity index (χ1v) is 5.15. The number of hydrazone groups is 1. The standard InChI is InChI=1S/C9H8FN3S/c10-9(4-2-1-3-5-9)13-7-14-8(6-11)12-13/h1-4H,5,7H2. The molecule has 1 heterocycles. The van der Waals surface area contributed by atoms with Gasteiger partial charge in [0.15, 0.2) is 5.04 Å². The molecular weight excluding hydrogens is 201 g/mol. The summed E-state index contributed by atoms with van der Waals surface area (Å²) in [6.45, 7) is 0. The van der Waals surface area contributed by atoms with Crippen LogP contribution in [0.3, 0.4) is 0 Å². The highest BCUT2D eigenvalue weighted by Gasteiger charge is 2.36. The smallest absolute Gasteiger partial charge is 0.220 e. The van der Waals surface area contributed by atoms with Crippen LogP contribution in [0, 0.1) is 11.3 Å². The van der Waals surface area contributed by atoms with Gasteiger partial charge < -0.3 is 0 Å². The van der Waals surface area contributed by atoms with Crippen LogP contribution in [0.1, 0.15) is 6.42 Å². The average Bonchev–Trinajstić information content (AvgIpc) is 2.67. The molecule has 72 valence electrons. The molecule has 0 saturated heterocycles. The van der Waals surface area contributed by atoms with E-state index in [1.165, 1.54) is 22.8 Å². The third-order valence-corrected chi connectivity index (χ3v) is 2.88. The molecule has 0 saturated carbocycles. The Hall–Kier alpha value is -1.28. The average molecular weight is 209 g/mol. The maximum Gasteiger partial charge on any atom is 0.220 e. The molecule has 0 bridgehead atoms. The molecule has 0 aromatic carbocycles. The SMILES string of the molecule is N#CC1=NN(C2(F)C=CC=CC2)CS1. The van der Waals surface area contributed by atoms with Crippen LogP contribution in [-0.4, -0.2) is 21.7 Å². The molecule has 0 amide bonds. The summed E-state index contributed by atoms with van der Waals surface area (Å²) >= 11 is 1.26. The van der Waals surface area contributed by atoms with Gasteiger partial charge in [-0.15, -0.1) is 0 Å². The predicted molar refractivity (Wildman–Crippen MR) is 54.1 cm³/mol. The van der Waals surface area contributed by atoms with Crippen LogP contribution in [0.2, 0.25) is 0 Å². The molecular formula is C9H8FN3S. The summed E-state index contributed by atoms with van der Waals surface area (Å²) in [5.41, 5.74) is 0. The van der Waals surface area contributed by atoms with Gasteiger partial charge in [-0.05, 0) is 6.08 Å². The molecule has 0 radical (unpaired) electrons. The van der Waals surface area contributed by atoms with Crippen LogP contribution in [0.4, 0.5) is 4.39 Å². The number of allylic oxidation sites excluding steroid dienone is 2. The Kier molecular flexibility index (Phi) is 2.30. The first kappa shape index (κ1) is 9.28. The summed E-state index contributed by atoms with van der Waals surface area (Å²) < 4.78 is 14.1. The first-order valence-electron chi connectivity index (χ1n) is 4.17. The topological polar surface area (TPSA) is 39.4 Å². The molecule has 2 rings (SSSR count). The molecule has 0 spiro atoms. The minimum absolute atomic E-state index is 0.284. The number of nitriles is 1. The third kappa shape index (κ3) is 1.53. The molecule has 5 heteroatoms. The normalized spacial score (nSPS) is 30.3. The fourth-order valence-electron chi connectivity index (χ4n) is 1.31. The highest BCUT2D eigenvalue weighted by Crippen LogP contribution is 2.32. The molecule has 14 heavy (non-hydrogen) atoms. The molecule has 1 unspecified atom stereocenters. The highest BCUT2D eigenvalue weighted by atomic mass is 32.2. The van der Waals surface area contributed by atoms with Gasteiger partial charge in [0.25, 0.3) is 0 Å². The third-order valence-electron chi connectivity index (χ3n) is 2.06. The van der Waals surface area contributed by atoms with E-state index >= 15 is 0 Å². The van der Waals surface area contributed by atoms with E-state index in [2.05, 4.69) is 5.10 Å². The second-order valence-electron chi connectivity index (χ2n) is 3.00. The molecule has 1 aliphatic heterocycles. The summed E-state index contributed by atoms with van der Waals surface area (Å²) in [6, 6.07) is 1.91. The molecule has 0 fully saturated rings. The lowest BCUT2D eigenvalue weighted by atomic mass is 10.1. The fraction of sp³-hybridized carbons (Fsp3) is 0.333. The number of nitrogens with zero attached hydrogens (tertiary/aromatic N) is 3. The van der Waals surface area contributed by atoms with Crippen LogP contribution < -0.4 is 0 Å². The molecule has 0 aromatic heterocycles. The van der Waals surface area contributed by atoms with Crippen molar-refractivity contribution in [3.8, 4) is 6.07 Å². The largest absolute Gasteiger partial charge is 0.245 e. The van der Waals surface area contributed by atoms with Crippen molar-refractivity contribution in [2.24, 2.45) is 5.10 Å². The van der Waals surface area contributed by atoms with Gasteiger partial charge in [-0.3, -0.25) is 0 Å². The van der Waals surface area contributed by atoms with Gasteiger partial charge in [0, 0.05) is 6.42 Å². The Morgan fingerprint density at radius 1 is 1.64 bits per heavy atom. The van der Waals surface area contributed by atoms with Crippen molar-refractivity contribution in [2.75, 3.05) is 5.88 Å². The lowest BCUT2D eigenvalue weighted by Gasteiger charge is -2.30. The van der Waals surface area contributed by atoms with Crippen molar-refractivity contribution >= 4 is 16.8 Å². The first-order chi connectivity index (χ1) is 6.74. The zero-order valence-corrected chi connectivity index (χ0v) is 8.17. The van der Waals surface area contributed by atoms with E-state index in [0.717, 1.165) is 0 Å². The van der Waals surface area contributed by atoms with Crippen LogP contribution in [0.15, 0.2) is 29.4 Å². The van der Waals surface area contributed by atoms with Crippen LogP contribution in [0.25, 0.3) is 0 Å². The van der Waals surface area contributed by atoms with Crippen molar-refractivity contribution in [2.45, 2.75) is 12.2 Å². The molecule has 2 aliphatic rings. The second kappa shape index (κ2) is 3.46. The van der Waals surface area contributed by atoms with E-state index in [1.807, 2.05) is 6.07 Å². The number of hydrogen-bond donors (Lipinski definition) is 0. The van der Waals surface area contributed by atoms with Crippen molar-refractivity contribution in [3.63, 3.8) is 0 Å². The Morgan fingerprint density at radius 3 is 3.07 bits per heavy atom. The quantitative estimate of drug-likeness (QED) is 0.620. The Balaban J connectivity index is 2.17. The lowest BCUT2D eigenvalue weighted by molar-refractivity contribution is 0.0315. The summed E-state index contributed by atoms with van der Waals surface area (Å²) in [7, 11) is 0. The summed E-state index contributed by atoms with van der Waals surface area (Å²) in [6.07, 6.45) is 6.97. The summed E-state index contributed by atoms with van der Waals surface area (Å²) in [5.74, 6) is -1.15. The zero-order chi connectivity index (χ0) is 10.0. The zero-order valence-electron chi connectivity index (χ0n) is 7.35. The molecule has 1 atom stereocenters. The second-order valence-corrected chi connectivity index (χ2v) is 3.93. The van der Waals surface area contributed by atoms with Gasteiger partial charge in [0.05, 0.1) is 5.88 Å². The molecule has 0 N–H and O–H groups in total. The van der Waals surface area contributed by atoms with Crippen LogP contribution >= 0.6 is 11.8 Å². The van der Waals surface area contributed by atoms with Crippen molar-refractivity contribution in [1.82, 2.24) is 5.01 Å². The van der Waals surface area contributed by atoms with Gasteiger partial charge in [-0.25, -0.2) is 9.40 Å². The lowest BCUT2D eigenvalue weighted by Crippen LogP contribution is -2.38. The van der Waals surface area contributed by atoms with Crippen molar-refractivity contribution in [1.29, 1.82) is 5.26 Å². The van der Waals surface area contributed by atoms with E-state index in [4.69, 9.17) is 5.26 Å². The number of rotatable bonds is 1. The summed E-state index contributed by atoms with van der Waals surface area (Å²) in [4.78, 5) is 0. The van der Waals surface area contributed by atoms with E-state index in [-0.39, 0.29) is 6.42 Å². The highest BCUT2D eigenvalue weighted by molar-refractivity contribution is 8.14. The number of halogens is 1. The van der Waals surface area contributed by atoms with Crippen molar-refractivity contribution < 1.29 is 4.39 Å². The van der Waals surface area contributed by atoms with Gasteiger partial charge in [-0.2, -0.15) is 10.4 Å². The van der Waals surface area contributed by atoms with E-state index in [1.54, 1.807) is 18.2 Å². The minimum Gasteiger partial charge on any atom is -0.245 e. The van der Waals surface area contributed by atoms with E-state index in [0.29, 0.717) is 10.9 Å². The molecule has 1 aliphatic carbocycles. The van der Waals surface area contributed by atoms with Gasteiger partial charge in [0.2, 0.25) is 5.79 Å². The molecule has 3 nitrogen and oxygen atoms in total. The van der Waals surface area contributed by atoms with E-state index < -0.39 is 5.79 Å². The van der Waals surface area contributed by atoms with Gasteiger partial charge in [-0.1, -0.05) is 30.0 Å². The van der Waals surface area contributed by atoms with E-state index in [9.17, 15) is 4.39 Å².